The highest BCUT2D eigenvalue weighted by Crippen LogP contribution is 2.25. The minimum absolute atomic E-state index is 0.805. The van der Waals surface area contributed by atoms with Gasteiger partial charge in [0.25, 0.3) is 0 Å². The summed E-state index contributed by atoms with van der Waals surface area (Å²) in [5.74, 6) is 1.63. The lowest BCUT2D eigenvalue weighted by atomic mass is 10.2. The molecular formula is C14H11N3. The first-order chi connectivity index (χ1) is 8.42. The summed E-state index contributed by atoms with van der Waals surface area (Å²) in [5.41, 5.74) is 2.10. The van der Waals surface area contributed by atoms with E-state index < -0.39 is 0 Å². The van der Waals surface area contributed by atoms with Crippen LogP contribution in [0.5, 0.6) is 0 Å². The second-order valence-corrected chi connectivity index (χ2v) is 3.73. The zero-order valence-electron chi connectivity index (χ0n) is 9.17. The molecule has 1 aromatic rings. The molecule has 0 atom stereocenters. The Hall–Kier alpha value is -2.42. The van der Waals surface area contributed by atoms with Crippen molar-refractivity contribution < 1.29 is 0 Å². The zero-order chi connectivity index (χ0) is 11.5. The van der Waals surface area contributed by atoms with Crippen molar-refractivity contribution in [2.75, 3.05) is 5.32 Å². The number of nitrogens with one attached hydrogen (secondary N) is 1. The van der Waals surface area contributed by atoms with Crippen LogP contribution in [0.15, 0.2) is 60.8 Å². The van der Waals surface area contributed by atoms with Gasteiger partial charge in [0, 0.05) is 11.8 Å². The fraction of sp³-hybridized carbons (Fsp3) is 0. The molecule has 1 aliphatic heterocycles. The van der Waals surface area contributed by atoms with E-state index in [0.717, 1.165) is 22.9 Å². The van der Waals surface area contributed by atoms with Crippen molar-refractivity contribution in [3.05, 3.63) is 60.8 Å². The third-order valence-corrected chi connectivity index (χ3v) is 2.50. The number of hydrogen-bond acceptors (Lipinski definition) is 3. The normalized spacial score (nSPS) is 10.4. The highest BCUT2D eigenvalue weighted by atomic mass is 15.1. The Morgan fingerprint density at radius 2 is 1.71 bits per heavy atom. The summed E-state index contributed by atoms with van der Waals surface area (Å²) >= 11 is 0. The van der Waals surface area contributed by atoms with Gasteiger partial charge < -0.3 is 5.32 Å². The highest BCUT2D eigenvalue weighted by molar-refractivity contribution is 5.69. The van der Waals surface area contributed by atoms with Crippen LogP contribution in [0.3, 0.4) is 0 Å². The Labute approximate surface area is 99.5 Å². The van der Waals surface area contributed by atoms with Crippen molar-refractivity contribution in [1.82, 2.24) is 9.97 Å². The molecule has 3 heteroatoms. The van der Waals surface area contributed by atoms with E-state index in [1.54, 1.807) is 6.20 Å². The Morgan fingerprint density at radius 1 is 0.824 bits per heavy atom. The monoisotopic (exact) mass is 221 g/mol. The van der Waals surface area contributed by atoms with Gasteiger partial charge in [-0.05, 0) is 24.3 Å². The van der Waals surface area contributed by atoms with Gasteiger partial charge >= 0.3 is 0 Å². The standard InChI is InChI=1S/C14H11N3/c1-2-6-11-10-14(16-12(11)7-3-1)17-13-8-4-5-9-15-13/h1-10H,(H,15,16,17). The fourth-order valence-electron chi connectivity index (χ4n) is 1.72. The van der Waals surface area contributed by atoms with Crippen LogP contribution < -0.4 is 5.32 Å². The fourth-order valence-corrected chi connectivity index (χ4v) is 1.72. The van der Waals surface area contributed by atoms with Crippen LogP contribution in [-0.4, -0.2) is 9.97 Å². The molecule has 0 unspecified atom stereocenters. The first kappa shape index (κ1) is 9.78. The molecule has 1 N–H and O–H groups in total. The first-order valence-corrected chi connectivity index (χ1v) is 5.46. The molecule has 0 bridgehead atoms. The van der Waals surface area contributed by atoms with Gasteiger partial charge in [0.1, 0.15) is 11.6 Å². The SMILES string of the molecule is c1ccc2cc(Nc3ccccn3)nc-2cc1. The van der Waals surface area contributed by atoms with Crippen molar-refractivity contribution >= 4 is 11.6 Å². The number of rotatable bonds is 2. The summed E-state index contributed by atoms with van der Waals surface area (Å²) in [4.78, 5) is 8.70. The van der Waals surface area contributed by atoms with Crippen LogP contribution in [0.1, 0.15) is 0 Å². The summed E-state index contributed by atoms with van der Waals surface area (Å²) in [6.45, 7) is 0. The van der Waals surface area contributed by atoms with Gasteiger partial charge in [-0.1, -0.05) is 30.3 Å². The molecule has 0 amide bonds. The molecule has 0 spiro atoms. The molecule has 0 radical (unpaired) electrons. The predicted octanol–water partition coefficient (Wildman–Crippen LogP) is 3.33. The van der Waals surface area contributed by atoms with Crippen molar-refractivity contribution in [2.24, 2.45) is 0 Å². The van der Waals surface area contributed by atoms with Crippen molar-refractivity contribution in [1.29, 1.82) is 0 Å². The molecule has 0 saturated carbocycles. The lowest BCUT2D eigenvalue weighted by Crippen LogP contribution is -1.91. The van der Waals surface area contributed by atoms with Crippen LogP contribution in [0, 0.1) is 0 Å². The van der Waals surface area contributed by atoms with Crippen LogP contribution in [0.4, 0.5) is 11.6 Å². The Bertz CT molecular complexity index is 562. The van der Waals surface area contributed by atoms with Crippen LogP contribution in [0.25, 0.3) is 11.3 Å². The summed E-state index contributed by atoms with van der Waals surface area (Å²) in [6.07, 6.45) is 1.75. The van der Waals surface area contributed by atoms with Crippen molar-refractivity contribution in [3.8, 4) is 11.3 Å². The maximum atomic E-state index is 4.50. The van der Waals surface area contributed by atoms with Gasteiger partial charge in [0.15, 0.2) is 0 Å². The smallest absolute Gasteiger partial charge is 0.132 e. The van der Waals surface area contributed by atoms with E-state index >= 15 is 0 Å². The van der Waals surface area contributed by atoms with Crippen molar-refractivity contribution in [2.45, 2.75) is 0 Å². The zero-order valence-corrected chi connectivity index (χ0v) is 9.17. The largest absolute Gasteiger partial charge is 0.325 e. The summed E-state index contributed by atoms with van der Waals surface area (Å²) in [6, 6.07) is 17.8. The lowest BCUT2D eigenvalue weighted by molar-refractivity contribution is 1.28. The molecule has 0 aromatic carbocycles. The maximum Gasteiger partial charge on any atom is 0.132 e. The number of anilines is 2. The van der Waals surface area contributed by atoms with Gasteiger partial charge in [-0.2, -0.15) is 0 Å². The molecular weight excluding hydrogens is 210 g/mol. The van der Waals surface area contributed by atoms with E-state index in [-0.39, 0.29) is 0 Å². The molecule has 17 heavy (non-hydrogen) atoms. The van der Waals surface area contributed by atoms with Crippen LogP contribution in [-0.2, 0) is 0 Å². The molecule has 0 saturated heterocycles. The third kappa shape index (κ3) is 2.08. The molecule has 82 valence electrons. The Morgan fingerprint density at radius 3 is 2.59 bits per heavy atom. The van der Waals surface area contributed by atoms with E-state index in [0.29, 0.717) is 0 Å². The van der Waals surface area contributed by atoms with Gasteiger partial charge in [0.05, 0.1) is 5.69 Å². The van der Waals surface area contributed by atoms with Crippen LogP contribution in [0.2, 0.25) is 0 Å². The van der Waals surface area contributed by atoms with E-state index in [1.807, 2.05) is 54.6 Å². The first-order valence-electron chi connectivity index (χ1n) is 5.46. The molecule has 0 fully saturated rings. The van der Waals surface area contributed by atoms with Gasteiger partial charge in [-0.25, -0.2) is 9.97 Å². The summed E-state index contributed by atoms with van der Waals surface area (Å²) < 4.78 is 0. The average Bonchev–Trinajstić information content (AvgIpc) is 2.60. The lowest BCUT2D eigenvalue weighted by Gasteiger charge is -1.99. The molecule has 1 aromatic heterocycles. The second-order valence-electron chi connectivity index (χ2n) is 3.73. The maximum absolute atomic E-state index is 4.50. The highest BCUT2D eigenvalue weighted by Gasteiger charge is 2.06. The number of nitrogens with zero attached hydrogens (tertiary/aromatic N) is 2. The molecule has 1 aliphatic carbocycles. The second kappa shape index (κ2) is 4.22. The molecule has 3 rings (SSSR count). The molecule has 3 nitrogen and oxygen atoms in total. The Balaban J connectivity index is 1.95. The van der Waals surface area contributed by atoms with Gasteiger partial charge in [0.2, 0.25) is 0 Å². The number of fused-ring (bicyclic) bond motifs is 1. The number of pyridine rings is 1. The molecule has 2 aliphatic rings. The topological polar surface area (TPSA) is 37.8 Å². The van der Waals surface area contributed by atoms with Gasteiger partial charge in [-0.15, -0.1) is 0 Å². The Kier molecular flexibility index (Phi) is 2.43. The minimum Gasteiger partial charge on any atom is -0.325 e. The predicted molar refractivity (Wildman–Crippen MR) is 68.4 cm³/mol. The molecule has 2 heterocycles. The quantitative estimate of drug-likeness (QED) is 0.721. The summed E-state index contributed by atoms with van der Waals surface area (Å²) in [5, 5.41) is 3.18. The van der Waals surface area contributed by atoms with E-state index in [1.165, 1.54) is 0 Å². The van der Waals surface area contributed by atoms with E-state index in [4.69, 9.17) is 0 Å². The number of hydrogen-bond donors (Lipinski definition) is 1. The number of aromatic nitrogens is 2. The summed E-state index contributed by atoms with van der Waals surface area (Å²) in [7, 11) is 0. The third-order valence-electron chi connectivity index (χ3n) is 2.50. The van der Waals surface area contributed by atoms with Crippen molar-refractivity contribution in [3.63, 3.8) is 0 Å². The average molecular weight is 221 g/mol. The van der Waals surface area contributed by atoms with E-state index in [9.17, 15) is 0 Å². The van der Waals surface area contributed by atoms with Gasteiger partial charge in [-0.3, -0.25) is 0 Å². The minimum atomic E-state index is 0.805. The van der Waals surface area contributed by atoms with E-state index in [2.05, 4.69) is 15.3 Å². The van der Waals surface area contributed by atoms with Crippen LogP contribution >= 0.6 is 0 Å².